The Morgan fingerprint density at radius 1 is 0.923 bits per heavy atom. The molecule has 26 heavy (non-hydrogen) atoms. The number of fused-ring (bicyclic) bond motifs is 3. The van der Waals surface area contributed by atoms with Crippen LogP contribution in [-0.2, 0) is 11.2 Å². The molecule has 0 saturated carbocycles. The molecule has 0 aliphatic carbocycles. The van der Waals surface area contributed by atoms with Crippen LogP contribution in [0.2, 0.25) is 0 Å². The number of rotatable bonds is 3. The molecule has 132 valence electrons. The third kappa shape index (κ3) is 2.59. The highest BCUT2D eigenvalue weighted by molar-refractivity contribution is 5.90. The number of amides is 1. The standard InChI is InChI=1S/C21H22N4O/c26-21(12-16-6-3-5-15-4-1-2-7-20(15)16)24-17-8-9-18(24)14-19(13-17)25-22-10-11-23-25/h1-7,10-11,17-19H,8-9,12-14H2. The van der Waals surface area contributed by atoms with Gasteiger partial charge in [0.05, 0.1) is 24.9 Å². The van der Waals surface area contributed by atoms with Crippen LogP contribution in [0.25, 0.3) is 10.8 Å². The molecule has 2 bridgehead atoms. The fourth-order valence-corrected chi connectivity index (χ4v) is 4.86. The SMILES string of the molecule is O=C(Cc1cccc2ccccc12)N1C2CCC1CC(n1nccn1)C2. The largest absolute Gasteiger partial charge is 0.336 e. The summed E-state index contributed by atoms with van der Waals surface area (Å²) >= 11 is 0. The van der Waals surface area contributed by atoms with Crippen LogP contribution >= 0.6 is 0 Å². The number of carbonyl (C=O) groups excluding carboxylic acids is 1. The molecule has 2 unspecified atom stereocenters. The zero-order valence-electron chi connectivity index (χ0n) is 14.7. The van der Waals surface area contributed by atoms with Gasteiger partial charge in [-0.25, -0.2) is 0 Å². The third-order valence-corrected chi connectivity index (χ3v) is 5.98. The van der Waals surface area contributed by atoms with E-state index in [1.165, 1.54) is 10.8 Å². The molecule has 5 nitrogen and oxygen atoms in total. The van der Waals surface area contributed by atoms with E-state index in [9.17, 15) is 4.79 Å². The highest BCUT2D eigenvalue weighted by Crippen LogP contribution is 2.40. The average Bonchev–Trinajstić information content (AvgIpc) is 3.29. The highest BCUT2D eigenvalue weighted by Gasteiger charge is 2.44. The predicted molar refractivity (Wildman–Crippen MR) is 99.6 cm³/mol. The summed E-state index contributed by atoms with van der Waals surface area (Å²) in [6, 6.07) is 15.5. The van der Waals surface area contributed by atoms with Crippen LogP contribution in [0.3, 0.4) is 0 Å². The summed E-state index contributed by atoms with van der Waals surface area (Å²) in [6.07, 6.45) is 8.09. The van der Waals surface area contributed by atoms with Crippen LogP contribution in [0.5, 0.6) is 0 Å². The van der Waals surface area contributed by atoms with Crippen LogP contribution < -0.4 is 0 Å². The van der Waals surface area contributed by atoms with Crippen LogP contribution in [0.1, 0.15) is 37.3 Å². The normalized spacial score (nSPS) is 24.9. The lowest BCUT2D eigenvalue weighted by Crippen LogP contribution is -2.47. The fourth-order valence-electron chi connectivity index (χ4n) is 4.86. The van der Waals surface area contributed by atoms with Crippen molar-refractivity contribution < 1.29 is 4.79 Å². The van der Waals surface area contributed by atoms with Gasteiger partial charge in [0.1, 0.15) is 0 Å². The Morgan fingerprint density at radius 3 is 2.38 bits per heavy atom. The van der Waals surface area contributed by atoms with Gasteiger partial charge in [0, 0.05) is 12.1 Å². The molecule has 1 amide bonds. The summed E-state index contributed by atoms with van der Waals surface area (Å²) in [5.74, 6) is 0.265. The van der Waals surface area contributed by atoms with Gasteiger partial charge in [0.25, 0.3) is 0 Å². The number of carbonyl (C=O) groups is 1. The minimum atomic E-state index is 0.265. The van der Waals surface area contributed by atoms with Gasteiger partial charge in [-0.3, -0.25) is 4.79 Å². The lowest BCUT2D eigenvalue weighted by molar-refractivity contribution is -0.135. The van der Waals surface area contributed by atoms with Crippen LogP contribution in [0.15, 0.2) is 54.9 Å². The third-order valence-electron chi connectivity index (χ3n) is 5.98. The second kappa shape index (κ2) is 6.24. The second-order valence-corrected chi connectivity index (χ2v) is 7.48. The summed E-state index contributed by atoms with van der Waals surface area (Å²) in [4.78, 5) is 17.2. The van der Waals surface area contributed by atoms with Crippen LogP contribution in [-0.4, -0.2) is 37.9 Å². The van der Waals surface area contributed by atoms with Crippen molar-refractivity contribution in [1.29, 1.82) is 0 Å². The average molecular weight is 346 g/mol. The zero-order chi connectivity index (χ0) is 17.5. The Balaban J connectivity index is 1.36. The Morgan fingerprint density at radius 2 is 1.62 bits per heavy atom. The molecule has 3 heterocycles. The first-order valence-corrected chi connectivity index (χ1v) is 9.43. The van der Waals surface area contributed by atoms with Crippen molar-refractivity contribution in [2.45, 2.75) is 50.2 Å². The topological polar surface area (TPSA) is 51.0 Å². The van der Waals surface area contributed by atoms with Crippen molar-refractivity contribution >= 4 is 16.7 Å². The van der Waals surface area contributed by atoms with E-state index >= 15 is 0 Å². The Bertz CT molecular complexity index is 917. The molecule has 5 heteroatoms. The van der Waals surface area contributed by atoms with Crippen molar-refractivity contribution in [3.63, 3.8) is 0 Å². The number of aromatic nitrogens is 3. The zero-order valence-corrected chi connectivity index (χ0v) is 14.7. The summed E-state index contributed by atoms with van der Waals surface area (Å²) < 4.78 is 0. The molecule has 2 aliphatic heterocycles. The van der Waals surface area contributed by atoms with Gasteiger partial charge < -0.3 is 4.90 Å². The molecule has 0 N–H and O–H groups in total. The number of benzene rings is 2. The second-order valence-electron chi connectivity index (χ2n) is 7.48. The van der Waals surface area contributed by atoms with E-state index in [2.05, 4.69) is 45.4 Å². The number of piperidine rings is 1. The van der Waals surface area contributed by atoms with E-state index in [1.54, 1.807) is 12.4 Å². The lowest BCUT2D eigenvalue weighted by Gasteiger charge is -2.38. The van der Waals surface area contributed by atoms with Crippen molar-refractivity contribution in [2.75, 3.05) is 0 Å². The first-order valence-electron chi connectivity index (χ1n) is 9.43. The van der Waals surface area contributed by atoms with Crippen molar-refractivity contribution in [3.8, 4) is 0 Å². The molecular formula is C21H22N4O. The van der Waals surface area contributed by atoms with E-state index in [0.717, 1.165) is 31.2 Å². The van der Waals surface area contributed by atoms with E-state index in [0.29, 0.717) is 24.5 Å². The van der Waals surface area contributed by atoms with Gasteiger partial charge >= 0.3 is 0 Å². The minimum absolute atomic E-state index is 0.265. The molecule has 2 aromatic carbocycles. The molecule has 0 radical (unpaired) electrons. The van der Waals surface area contributed by atoms with Crippen LogP contribution in [0.4, 0.5) is 0 Å². The maximum absolute atomic E-state index is 13.2. The van der Waals surface area contributed by atoms with Gasteiger partial charge in [-0.1, -0.05) is 42.5 Å². The Labute approximate surface area is 152 Å². The number of nitrogens with zero attached hydrogens (tertiary/aromatic N) is 4. The Kier molecular flexibility index (Phi) is 3.73. The number of hydrogen-bond donors (Lipinski definition) is 0. The molecule has 0 spiro atoms. The molecule has 2 aliphatic rings. The molecule has 2 saturated heterocycles. The monoisotopic (exact) mass is 346 g/mol. The van der Waals surface area contributed by atoms with Gasteiger partial charge in [0.15, 0.2) is 0 Å². The quantitative estimate of drug-likeness (QED) is 0.731. The fraction of sp³-hybridized carbons (Fsp3) is 0.381. The maximum atomic E-state index is 13.2. The summed E-state index contributed by atoms with van der Waals surface area (Å²) in [5, 5.41) is 11.0. The van der Waals surface area contributed by atoms with E-state index in [1.807, 2.05) is 16.9 Å². The molecular weight excluding hydrogens is 324 g/mol. The summed E-state index contributed by atoms with van der Waals surface area (Å²) in [5.41, 5.74) is 1.13. The van der Waals surface area contributed by atoms with E-state index in [-0.39, 0.29) is 5.91 Å². The van der Waals surface area contributed by atoms with Gasteiger partial charge in [-0.05, 0) is 42.0 Å². The van der Waals surface area contributed by atoms with Crippen molar-refractivity contribution in [1.82, 2.24) is 19.9 Å². The van der Waals surface area contributed by atoms with Crippen molar-refractivity contribution in [2.24, 2.45) is 0 Å². The van der Waals surface area contributed by atoms with E-state index < -0.39 is 0 Å². The Hall–Kier alpha value is -2.69. The highest BCUT2D eigenvalue weighted by atomic mass is 16.2. The van der Waals surface area contributed by atoms with Crippen LogP contribution in [0, 0.1) is 0 Å². The van der Waals surface area contributed by atoms with Gasteiger partial charge in [-0.15, -0.1) is 0 Å². The number of hydrogen-bond acceptors (Lipinski definition) is 3. The molecule has 2 fully saturated rings. The first-order chi connectivity index (χ1) is 12.8. The molecule has 1 aromatic heterocycles. The maximum Gasteiger partial charge on any atom is 0.227 e. The first kappa shape index (κ1) is 15.6. The summed E-state index contributed by atoms with van der Waals surface area (Å²) in [7, 11) is 0. The predicted octanol–water partition coefficient (Wildman–Crippen LogP) is 3.37. The van der Waals surface area contributed by atoms with E-state index in [4.69, 9.17) is 0 Å². The van der Waals surface area contributed by atoms with Crippen molar-refractivity contribution in [3.05, 3.63) is 60.4 Å². The molecule has 3 aromatic rings. The van der Waals surface area contributed by atoms with Gasteiger partial charge in [-0.2, -0.15) is 15.0 Å². The van der Waals surface area contributed by atoms with Gasteiger partial charge in [0.2, 0.25) is 5.91 Å². The lowest BCUT2D eigenvalue weighted by atomic mass is 9.96. The minimum Gasteiger partial charge on any atom is -0.336 e. The molecule has 2 atom stereocenters. The molecule has 5 rings (SSSR count). The summed E-state index contributed by atoms with van der Waals surface area (Å²) in [6.45, 7) is 0. The smallest absolute Gasteiger partial charge is 0.227 e.